The average molecular weight is 195 g/mol. The fourth-order valence-electron chi connectivity index (χ4n) is 0.961. The monoisotopic (exact) mass is 195 g/mol. The second-order valence-corrected chi connectivity index (χ2v) is 2.77. The quantitative estimate of drug-likeness (QED) is 0.650. The Morgan fingerprint density at radius 1 is 1.57 bits per heavy atom. The summed E-state index contributed by atoms with van der Waals surface area (Å²) in [4.78, 5) is 14.8. The fourth-order valence-corrected chi connectivity index (χ4v) is 0.961. The number of nitrogens with two attached hydrogens (primary N) is 1. The minimum absolute atomic E-state index is 0.116. The van der Waals surface area contributed by atoms with E-state index in [1.54, 1.807) is 18.3 Å². The van der Waals surface area contributed by atoms with E-state index in [1.165, 1.54) is 4.57 Å². The van der Waals surface area contributed by atoms with Crippen molar-refractivity contribution in [2.45, 2.75) is 13.0 Å². The first-order valence-electron chi connectivity index (χ1n) is 4.33. The molecule has 1 aromatic heterocycles. The van der Waals surface area contributed by atoms with Crippen molar-refractivity contribution in [3.8, 4) is 0 Å². The van der Waals surface area contributed by atoms with Gasteiger partial charge in [0.1, 0.15) is 5.82 Å². The molecule has 5 heteroatoms. The summed E-state index contributed by atoms with van der Waals surface area (Å²) in [6, 6.07) is 1.57. The van der Waals surface area contributed by atoms with Gasteiger partial charge in [-0.2, -0.15) is 4.98 Å². The molecule has 5 nitrogen and oxygen atoms in total. The molecule has 76 valence electrons. The third-order valence-corrected chi connectivity index (χ3v) is 1.66. The maximum atomic E-state index is 11.2. The number of hydrogen-bond acceptors (Lipinski definition) is 4. The number of nitrogen functional groups attached to an aromatic ring is 1. The molecule has 0 aliphatic rings. The zero-order chi connectivity index (χ0) is 10.4. The standard InChI is InChI=1S/C9H13N3O2/c10-8-4-6-12(9(14)11-8)5-2-1-3-7-13/h1-2,4,6,13H,3,5,7H2,(H2,10,11,14)/b2-1-. The Labute approximate surface area is 81.5 Å². The number of nitrogens with zero attached hydrogens (tertiary/aromatic N) is 2. The molecule has 0 fully saturated rings. The van der Waals surface area contributed by atoms with Crippen LogP contribution in [0.4, 0.5) is 5.82 Å². The van der Waals surface area contributed by atoms with E-state index in [4.69, 9.17) is 10.8 Å². The van der Waals surface area contributed by atoms with Gasteiger partial charge in [-0.15, -0.1) is 0 Å². The van der Waals surface area contributed by atoms with Gasteiger partial charge in [-0.05, 0) is 12.5 Å². The highest BCUT2D eigenvalue weighted by Gasteiger charge is 1.93. The minimum Gasteiger partial charge on any atom is -0.396 e. The smallest absolute Gasteiger partial charge is 0.349 e. The summed E-state index contributed by atoms with van der Waals surface area (Å²) in [6.45, 7) is 0.567. The molecular formula is C9H13N3O2. The first-order valence-corrected chi connectivity index (χ1v) is 4.33. The number of aliphatic hydroxyl groups excluding tert-OH is 1. The summed E-state index contributed by atoms with van der Waals surface area (Å²) in [7, 11) is 0. The summed E-state index contributed by atoms with van der Waals surface area (Å²) in [6.07, 6.45) is 5.80. The summed E-state index contributed by atoms with van der Waals surface area (Å²) in [5.41, 5.74) is 4.97. The fraction of sp³-hybridized carbons (Fsp3) is 0.333. The third kappa shape index (κ3) is 3.02. The predicted octanol–water partition coefficient (Wildman–Crippen LogP) is -0.236. The van der Waals surface area contributed by atoms with Gasteiger partial charge in [-0.1, -0.05) is 12.2 Å². The Bertz CT molecular complexity index is 371. The summed E-state index contributed by atoms with van der Waals surface area (Å²) in [5, 5.41) is 8.51. The van der Waals surface area contributed by atoms with Crippen molar-refractivity contribution in [2.24, 2.45) is 0 Å². The van der Waals surface area contributed by atoms with Gasteiger partial charge in [-0.25, -0.2) is 4.79 Å². The second-order valence-electron chi connectivity index (χ2n) is 2.77. The van der Waals surface area contributed by atoms with E-state index in [0.29, 0.717) is 13.0 Å². The zero-order valence-electron chi connectivity index (χ0n) is 7.76. The van der Waals surface area contributed by atoms with Crippen LogP contribution in [0, 0.1) is 0 Å². The summed E-state index contributed by atoms with van der Waals surface area (Å²) >= 11 is 0. The molecule has 14 heavy (non-hydrogen) atoms. The first kappa shape index (κ1) is 10.5. The van der Waals surface area contributed by atoms with Crippen LogP contribution in [0.2, 0.25) is 0 Å². The lowest BCUT2D eigenvalue weighted by atomic mass is 10.4. The molecule has 0 aliphatic carbocycles. The van der Waals surface area contributed by atoms with Gasteiger partial charge in [-0.3, -0.25) is 4.57 Å². The van der Waals surface area contributed by atoms with Crippen LogP contribution in [-0.2, 0) is 6.54 Å². The lowest BCUT2D eigenvalue weighted by Gasteiger charge is -1.99. The third-order valence-electron chi connectivity index (χ3n) is 1.66. The zero-order valence-corrected chi connectivity index (χ0v) is 7.76. The lowest BCUT2D eigenvalue weighted by Crippen LogP contribution is -2.22. The number of aromatic nitrogens is 2. The largest absolute Gasteiger partial charge is 0.396 e. The molecule has 0 aromatic carbocycles. The van der Waals surface area contributed by atoms with E-state index >= 15 is 0 Å². The maximum absolute atomic E-state index is 11.2. The predicted molar refractivity (Wildman–Crippen MR) is 53.8 cm³/mol. The molecule has 1 rings (SSSR count). The number of aliphatic hydroxyl groups is 1. The van der Waals surface area contributed by atoms with Crippen molar-refractivity contribution < 1.29 is 5.11 Å². The van der Waals surface area contributed by atoms with Gasteiger partial charge in [0, 0.05) is 19.3 Å². The Kier molecular flexibility index (Phi) is 3.87. The first-order chi connectivity index (χ1) is 6.74. The van der Waals surface area contributed by atoms with E-state index in [2.05, 4.69) is 4.98 Å². The van der Waals surface area contributed by atoms with E-state index in [0.717, 1.165) is 0 Å². The number of hydrogen-bond donors (Lipinski definition) is 2. The summed E-state index contributed by atoms with van der Waals surface area (Å²) in [5.74, 6) is 0.227. The lowest BCUT2D eigenvalue weighted by molar-refractivity contribution is 0.302. The van der Waals surface area contributed by atoms with Crippen molar-refractivity contribution >= 4 is 5.82 Å². The number of allylic oxidation sites excluding steroid dienone is 1. The molecule has 0 atom stereocenters. The normalized spacial score (nSPS) is 10.9. The van der Waals surface area contributed by atoms with Gasteiger partial charge in [0.25, 0.3) is 0 Å². The van der Waals surface area contributed by atoms with Gasteiger partial charge in [0.05, 0.1) is 0 Å². The molecule has 0 aliphatic heterocycles. The Morgan fingerprint density at radius 2 is 2.36 bits per heavy atom. The van der Waals surface area contributed by atoms with Crippen molar-refractivity contribution in [1.82, 2.24) is 9.55 Å². The molecule has 1 heterocycles. The van der Waals surface area contributed by atoms with E-state index < -0.39 is 0 Å². The number of anilines is 1. The van der Waals surface area contributed by atoms with Crippen molar-refractivity contribution in [2.75, 3.05) is 12.3 Å². The average Bonchev–Trinajstić information content (AvgIpc) is 2.15. The number of rotatable bonds is 4. The van der Waals surface area contributed by atoms with Crippen LogP contribution in [0.1, 0.15) is 6.42 Å². The van der Waals surface area contributed by atoms with Crippen molar-refractivity contribution in [1.29, 1.82) is 0 Å². The second kappa shape index (κ2) is 5.18. The van der Waals surface area contributed by atoms with Crippen LogP contribution in [0.5, 0.6) is 0 Å². The van der Waals surface area contributed by atoms with Gasteiger partial charge < -0.3 is 10.8 Å². The van der Waals surface area contributed by atoms with E-state index in [1.807, 2.05) is 6.08 Å². The Hall–Kier alpha value is -1.62. The molecule has 0 spiro atoms. The molecule has 0 bridgehead atoms. The van der Waals surface area contributed by atoms with E-state index in [-0.39, 0.29) is 18.1 Å². The van der Waals surface area contributed by atoms with Crippen LogP contribution in [-0.4, -0.2) is 21.3 Å². The van der Waals surface area contributed by atoms with Crippen LogP contribution in [0.15, 0.2) is 29.2 Å². The van der Waals surface area contributed by atoms with Gasteiger partial charge in [0.15, 0.2) is 0 Å². The van der Waals surface area contributed by atoms with Crippen LogP contribution >= 0.6 is 0 Å². The summed E-state index contributed by atoms with van der Waals surface area (Å²) < 4.78 is 1.43. The van der Waals surface area contributed by atoms with Gasteiger partial charge in [0.2, 0.25) is 0 Å². The molecule has 3 N–H and O–H groups in total. The molecular weight excluding hydrogens is 182 g/mol. The van der Waals surface area contributed by atoms with Gasteiger partial charge >= 0.3 is 5.69 Å². The highest BCUT2D eigenvalue weighted by atomic mass is 16.2. The molecule has 0 unspecified atom stereocenters. The van der Waals surface area contributed by atoms with Crippen LogP contribution < -0.4 is 11.4 Å². The minimum atomic E-state index is -0.362. The SMILES string of the molecule is Nc1ccn(C/C=C\CCO)c(=O)n1. The highest BCUT2D eigenvalue weighted by Crippen LogP contribution is 1.90. The highest BCUT2D eigenvalue weighted by molar-refractivity contribution is 5.23. The molecule has 0 radical (unpaired) electrons. The Balaban J connectivity index is 2.64. The van der Waals surface area contributed by atoms with Crippen molar-refractivity contribution in [3.63, 3.8) is 0 Å². The molecule has 1 aromatic rings. The molecule has 0 saturated heterocycles. The van der Waals surface area contributed by atoms with Crippen LogP contribution in [0.25, 0.3) is 0 Å². The molecule has 0 amide bonds. The Morgan fingerprint density at radius 3 is 3.00 bits per heavy atom. The molecule has 0 saturated carbocycles. The van der Waals surface area contributed by atoms with Crippen molar-refractivity contribution in [3.05, 3.63) is 34.9 Å². The van der Waals surface area contributed by atoms with E-state index in [9.17, 15) is 4.79 Å². The topological polar surface area (TPSA) is 81.1 Å². The maximum Gasteiger partial charge on any atom is 0.349 e. The van der Waals surface area contributed by atoms with Crippen LogP contribution in [0.3, 0.4) is 0 Å².